The number of nitrogens with zero attached hydrogens (tertiary/aromatic N) is 3. The number of hydrogen-bond donors (Lipinski definition) is 0. The molecule has 4 aromatic rings. The standard InChI is InChI=1S/C21H15N3O3S/c1-27-17(25)11-28-19-12-6-2-4-8-15(12)22-18-14(19)10-24-20(18)23-16-9-5-3-7-13(16)21(24)26/h2-9H,10-11H2,1H3. The summed E-state index contributed by atoms with van der Waals surface area (Å²) < 4.78 is 6.46. The summed E-state index contributed by atoms with van der Waals surface area (Å²) in [6, 6.07) is 15.1. The maximum Gasteiger partial charge on any atom is 0.315 e. The number of methoxy groups -OCH3 is 1. The van der Waals surface area contributed by atoms with Crippen LogP contribution in [-0.4, -0.2) is 33.4 Å². The molecule has 0 aliphatic carbocycles. The van der Waals surface area contributed by atoms with Crippen LogP contribution in [0, 0.1) is 0 Å². The molecule has 5 rings (SSSR count). The first-order chi connectivity index (χ1) is 13.7. The molecule has 0 radical (unpaired) electrons. The van der Waals surface area contributed by atoms with Crippen LogP contribution in [0.25, 0.3) is 33.3 Å². The van der Waals surface area contributed by atoms with E-state index in [2.05, 4.69) is 0 Å². The Balaban J connectivity index is 1.77. The molecule has 138 valence electrons. The van der Waals surface area contributed by atoms with E-state index in [1.165, 1.54) is 18.9 Å². The predicted molar refractivity (Wildman–Crippen MR) is 109 cm³/mol. The smallest absolute Gasteiger partial charge is 0.315 e. The van der Waals surface area contributed by atoms with E-state index in [1.807, 2.05) is 42.5 Å². The number of pyridine rings is 1. The highest BCUT2D eigenvalue weighted by Gasteiger charge is 2.28. The van der Waals surface area contributed by atoms with Gasteiger partial charge in [0.15, 0.2) is 5.82 Å². The summed E-state index contributed by atoms with van der Waals surface area (Å²) >= 11 is 1.41. The van der Waals surface area contributed by atoms with Crippen molar-refractivity contribution in [2.24, 2.45) is 0 Å². The molecule has 0 N–H and O–H groups in total. The molecule has 0 bridgehead atoms. The van der Waals surface area contributed by atoms with Gasteiger partial charge in [-0.15, -0.1) is 11.8 Å². The first-order valence-corrected chi connectivity index (χ1v) is 9.77. The summed E-state index contributed by atoms with van der Waals surface area (Å²) in [7, 11) is 1.38. The first kappa shape index (κ1) is 16.9. The number of aromatic nitrogens is 3. The van der Waals surface area contributed by atoms with Crippen LogP contribution >= 0.6 is 11.8 Å². The van der Waals surface area contributed by atoms with E-state index in [4.69, 9.17) is 14.7 Å². The molecule has 0 spiro atoms. The quantitative estimate of drug-likeness (QED) is 0.348. The number of carbonyl (C=O) groups is 1. The lowest BCUT2D eigenvalue weighted by Gasteiger charge is -2.10. The van der Waals surface area contributed by atoms with E-state index in [-0.39, 0.29) is 17.3 Å². The summed E-state index contributed by atoms with van der Waals surface area (Å²) in [4.78, 5) is 35.2. The molecule has 2 aromatic heterocycles. The Kier molecular flexibility index (Phi) is 3.91. The topological polar surface area (TPSA) is 74.1 Å². The molecule has 28 heavy (non-hydrogen) atoms. The molecule has 0 fully saturated rings. The van der Waals surface area contributed by atoms with Crippen molar-refractivity contribution in [3.8, 4) is 11.5 Å². The summed E-state index contributed by atoms with van der Waals surface area (Å²) in [6.45, 7) is 0.392. The minimum absolute atomic E-state index is 0.0772. The number of carbonyl (C=O) groups excluding carboxylic acids is 1. The SMILES string of the molecule is COC(=O)CSc1c2c(nc3ccccc13)-c1nc3ccccc3c(=O)n1C2. The van der Waals surface area contributed by atoms with Gasteiger partial charge in [0.25, 0.3) is 5.56 Å². The van der Waals surface area contributed by atoms with Gasteiger partial charge in [-0.25, -0.2) is 9.97 Å². The lowest BCUT2D eigenvalue weighted by atomic mass is 10.1. The van der Waals surface area contributed by atoms with Gasteiger partial charge in [-0.1, -0.05) is 30.3 Å². The molecule has 1 aliphatic heterocycles. The minimum Gasteiger partial charge on any atom is -0.468 e. The van der Waals surface area contributed by atoms with E-state index in [0.717, 1.165) is 21.4 Å². The molecular weight excluding hydrogens is 374 g/mol. The molecule has 7 heteroatoms. The summed E-state index contributed by atoms with van der Waals surface area (Å²) in [5.41, 5.74) is 3.02. The van der Waals surface area contributed by atoms with Crippen molar-refractivity contribution < 1.29 is 9.53 Å². The Bertz CT molecular complexity index is 1330. The summed E-state index contributed by atoms with van der Waals surface area (Å²) in [5, 5.41) is 1.55. The average molecular weight is 389 g/mol. The van der Waals surface area contributed by atoms with Crippen LogP contribution in [0.3, 0.4) is 0 Å². The fourth-order valence-electron chi connectivity index (χ4n) is 3.56. The van der Waals surface area contributed by atoms with Crippen molar-refractivity contribution in [1.82, 2.24) is 14.5 Å². The molecule has 1 aliphatic rings. The van der Waals surface area contributed by atoms with Crippen molar-refractivity contribution in [2.75, 3.05) is 12.9 Å². The highest BCUT2D eigenvalue weighted by atomic mass is 32.2. The third kappa shape index (κ3) is 2.51. The maximum atomic E-state index is 13.0. The lowest BCUT2D eigenvalue weighted by molar-refractivity contribution is -0.137. The second-order valence-electron chi connectivity index (χ2n) is 6.49. The Morgan fingerprint density at radius 1 is 1.07 bits per heavy atom. The van der Waals surface area contributed by atoms with Gasteiger partial charge in [-0.3, -0.25) is 14.2 Å². The minimum atomic E-state index is -0.295. The molecule has 6 nitrogen and oxygen atoms in total. The van der Waals surface area contributed by atoms with Crippen molar-refractivity contribution in [2.45, 2.75) is 11.4 Å². The number of ether oxygens (including phenoxy) is 1. The van der Waals surface area contributed by atoms with E-state index in [0.29, 0.717) is 29.0 Å². The number of esters is 1. The monoisotopic (exact) mass is 389 g/mol. The zero-order chi connectivity index (χ0) is 19.3. The Morgan fingerprint density at radius 2 is 1.75 bits per heavy atom. The van der Waals surface area contributed by atoms with Crippen LogP contribution < -0.4 is 5.56 Å². The van der Waals surface area contributed by atoms with Crippen molar-refractivity contribution in [3.05, 3.63) is 64.4 Å². The maximum absolute atomic E-state index is 13.0. The lowest BCUT2D eigenvalue weighted by Crippen LogP contribution is -2.20. The first-order valence-electron chi connectivity index (χ1n) is 8.78. The van der Waals surface area contributed by atoms with Crippen LogP contribution in [0.15, 0.2) is 58.2 Å². The van der Waals surface area contributed by atoms with Gasteiger partial charge >= 0.3 is 5.97 Å². The van der Waals surface area contributed by atoms with Gasteiger partial charge in [0.05, 0.1) is 35.8 Å². The highest BCUT2D eigenvalue weighted by Crippen LogP contribution is 2.39. The number of hydrogen-bond acceptors (Lipinski definition) is 6. The number of thioether (sulfide) groups is 1. The normalized spacial score (nSPS) is 12.2. The van der Waals surface area contributed by atoms with E-state index in [1.54, 1.807) is 10.6 Å². The molecule has 0 atom stereocenters. The van der Waals surface area contributed by atoms with Crippen LogP contribution in [-0.2, 0) is 16.1 Å². The van der Waals surface area contributed by atoms with Gasteiger partial charge < -0.3 is 4.74 Å². The van der Waals surface area contributed by atoms with Gasteiger partial charge in [-0.2, -0.15) is 0 Å². The van der Waals surface area contributed by atoms with Crippen molar-refractivity contribution in [1.29, 1.82) is 0 Å². The van der Waals surface area contributed by atoms with Crippen molar-refractivity contribution >= 4 is 39.5 Å². The number of benzene rings is 2. The second kappa shape index (κ2) is 6.45. The zero-order valence-corrected chi connectivity index (χ0v) is 15.8. The average Bonchev–Trinajstić information content (AvgIpc) is 3.09. The molecule has 0 amide bonds. The van der Waals surface area contributed by atoms with Gasteiger partial charge in [-0.05, 0) is 18.2 Å². The van der Waals surface area contributed by atoms with Crippen LogP contribution in [0.2, 0.25) is 0 Å². The highest BCUT2D eigenvalue weighted by molar-refractivity contribution is 8.00. The van der Waals surface area contributed by atoms with Crippen LogP contribution in [0.1, 0.15) is 5.56 Å². The fraction of sp³-hybridized carbons (Fsp3) is 0.143. The van der Waals surface area contributed by atoms with Crippen LogP contribution in [0.5, 0.6) is 0 Å². The molecule has 2 aromatic carbocycles. The van der Waals surface area contributed by atoms with E-state index < -0.39 is 0 Å². The Labute approximate surface area is 164 Å². The van der Waals surface area contributed by atoms with E-state index >= 15 is 0 Å². The fourth-order valence-corrected chi connectivity index (χ4v) is 4.60. The Morgan fingerprint density at radius 3 is 2.50 bits per heavy atom. The number of fused-ring (bicyclic) bond motifs is 5. The molecule has 3 heterocycles. The van der Waals surface area contributed by atoms with Gasteiger partial charge in [0.2, 0.25) is 0 Å². The zero-order valence-electron chi connectivity index (χ0n) is 15.0. The van der Waals surface area contributed by atoms with Gasteiger partial charge in [0, 0.05) is 15.8 Å². The molecule has 0 saturated carbocycles. The number of para-hydroxylation sites is 2. The largest absolute Gasteiger partial charge is 0.468 e. The number of rotatable bonds is 3. The third-order valence-corrected chi connectivity index (χ3v) is 6.03. The molecule has 0 unspecified atom stereocenters. The predicted octanol–water partition coefficient (Wildman–Crippen LogP) is 3.24. The van der Waals surface area contributed by atoms with Gasteiger partial charge in [0.1, 0.15) is 5.69 Å². The summed E-state index contributed by atoms with van der Waals surface area (Å²) in [6.07, 6.45) is 0. The summed E-state index contributed by atoms with van der Waals surface area (Å²) in [5.74, 6) is 0.470. The van der Waals surface area contributed by atoms with E-state index in [9.17, 15) is 9.59 Å². The Hall–Kier alpha value is -3.19. The third-order valence-electron chi connectivity index (χ3n) is 4.89. The second-order valence-corrected chi connectivity index (χ2v) is 7.48. The molecule has 0 saturated heterocycles. The molecular formula is C21H15N3O3S. The van der Waals surface area contributed by atoms with Crippen LogP contribution in [0.4, 0.5) is 0 Å². The van der Waals surface area contributed by atoms with Crippen molar-refractivity contribution in [3.63, 3.8) is 0 Å².